The lowest BCUT2D eigenvalue weighted by Gasteiger charge is -2.19. The molecule has 2 aromatic carbocycles. The number of alkyl halides is 3. The second-order valence-corrected chi connectivity index (χ2v) is 13.7. The van der Waals surface area contributed by atoms with E-state index in [1.807, 2.05) is 0 Å². The summed E-state index contributed by atoms with van der Waals surface area (Å²) in [5.41, 5.74) is 0.130. The lowest BCUT2D eigenvalue weighted by Crippen LogP contribution is -2.36. The number of rotatable bonds is 13. The second-order valence-electron chi connectivity index (χ2n) is 13.7. The molecule has 1 aromatic heterocycles. The Hall–Kier alpha value is -5.45. The van der Waals surface area contributed by atoms with Crippen LogP contribution in [0, 0.1) is 10.8 Å². The van der Waals surface area contributed by atoms with E-state index in [4.69, 9.17) is 29.8 Å². The van der Waals surface area contributed by atoms with Crippen molar-refractivity contribution in [2.24, 2.45) is 4.99 Å². The number of nitrogens with zero attached hydrogens (tertiary/aromatic N) is 3. The normalized spacial score (nSPS) is 12.2. The van der Waals surface area contributed by atoms with Crippen LogP contribution in [0.3, 0.4) is 0 Å². The minimum absolute atomic E-state index is 0.117. The molecular weight excluding hydrogens is 699 g/mol. The Labute approximate surface area is 305 Å². The van der Waals surface area contributed by atoms with Crippen molar-refractivity contribution >= 4 is 29.8 Å². The number of amidine groups is 2. The molecule has 0 aliphatic heterocycles. The van der Waals surface area contributed by atoms with Gasteiger partial charge in [0.05, 0.1) is 13.2 Å². The highest BCUT2D eigenvalue weighted by atomic mass is 19.4. The van der Waals surface area contributed by atoms with Crippen molar-refractivity contribution in [3.8, 4) is 5.75 Å². The van der Waals surface area contributed by atoms with Crippen LogP contribution in [0.4, 0.5) is 22.8 Å². The number of benzene rings is 2. The summed E-state index contributed by atoms with van der Waals surface area (Å²) in [5.74, 6) is -2.01. The molecule has 0 bridgehead atoms. The van der Waals surface area contributed by atoms with Gasteiger partial charge in [0.25, 0.3) is 0 Å². The Balaban J connectivity index is 1.50. The molecule has 0 spiro atoms. The van der Waals surface area contributed by atoms with Crippen LogP contribution in [-0.4, -0.2) is 69.5 Å². The quantitative estimate of drug-likeness (QED) is 0.0933. The highest BCUT2D eigenvalue weighted by molar-refractivity contribution is 6.05. The summed E-state index contributed by atoms with van der Waals surface area (Å²) in [7, 11) is 0. The monoisotopic (exact) mass is 745 g/mol. The van der Waals surface area contributed by atoms with E-state index in [1.165, 1.54) is 15.3 Å². The van der Waals surface area contributed by atoms with Gasteiger partial charge in [-0.3, -0.25) is 26.2 Å². The van der Waals surface area contributed by atoms with Crippen molar-refractivity contribution in [3.05, 3.63) is 83.2 Å². The summed E-state index contributed by atoms with van der Waals surface area (Å²) in [5, 5.41) is 20.9. The number of alkyl carbamates (subject to hydrolysis) is 2. The molecule has 1 heterocycles. The highest BCUT2D eigenvalue weighted by Crippen LogP contribution is 2.16. The average molecular weight is 746 g/mol. The Bertz CT molecular complexity index is 1800. The molecule has 288 valence electrons. The summed E-state index contributed by atoms with van der Waals surface area (Å²) >= 11 is 0. The molecular formula is C36H46F3N7O7. The third-order valence-corrected chi connectivity index (χ3v) is 6.79. The van der Waals surface area contributed by atoms with Gasteiger partial charge in [-0.1, -0.05) is 24.3 Å². The summed E-state index contributed by atoms with van der Waals surface area (Å²) < 4.78 is 64.0. The first kappa shape index (κ1) is 42.0. The standard InChI is InChI=1S/C36H46F3N7O7/c1-34(2,3)52-32(48)42-28(40)25-11-9-24(10-12-25)23-50-21-7-17-45-19-20-46(31(45)44-30(47)36(37,38)39)18-8-22-51-27-15-13-26(14-16-27)29(41)43-33(49)53-35(4,5)6/h9-16,19-20H,7-8,17-18,21-23H2,1-6H3,(H2,40,42,48)(H2,41,43,49). The fourth-order valence-corrected chi connectivity index (χ4v) is 4.48. The molecule has 0 unspecified atom stereocenters. The van der Waals surface area contributed by atoms with Gasteiger partial charge in [0.2, 0.25) is 5.62 Å². The molecule has 14 nitrogen and oxygen atoms in total. The number of carbonyl (C=O) groups excluding carboxylic acids is 3. The van der Waals surface area contributed by atoms with Gasteiger partial charge in [-0.05, 0) is 84.2 Å². The van der Waals surface area contributed by atoms with E-state index in [-0.39, 0.29) is 50.2 Å². The van der Waals surface area contributed by atoms with Crippen LogP contribution in [0.5, 0.6) is 5.75 Å². The Kier molecular flexibility index (Phi) is 14.5. The van der Waals surface area contributed by atoms with Crippen LogP contribution in [0.2, 0.25) is 0 Å². The Morgan fingerprint density at radius 1 is 0.717 bits per heavy atom. The van der Waals surface area contributed by atoms with Crippen LogP contribution in [-0.2, 0) is 38.7 Å². The third kappa shape index (κ3) is 15.0. The largest absolute Gasteiger partial charge is 0.494 e. The lowest BCUT2D eigenvalue weighted by atomic mass is 10.1. The number of amides is 3. The molecule has 17 heteroatoms. The van der Waals surface area contributed by atoms with Crippen molar-refractivity contribution < 1.29 is 46.5 Å². The minimum atomic E-state index is -5.14. The smallest absolute Gasteiger partial charge is 0.473 e. The van der Waals surface area contributed by atoms with Gasteiger partial charge in [0.1, 0.15) is 28.6 Å². The van der Waals surface area contributed by atoms with Gasteiger partial charge in [-0.25, -0.2) is 9.59 Å². The maximum absolute atomic E-state index is 13.1. The number of aryl methyl sites for hydroxylation is 2. The first-order chi connectivity index (χ1) is 24.7. The Morgan fingerprint density at radius 2 is 1.17 bits per heavy atom. The number of hydrogen-bond acceptors (Lipinski definition) is 9. The second kappa shape index (κ2) is 18.3. The van der Waals surface area contributed by atoms with Gasteiger partial charge in [-0.15, -0.1) is 0 Å². The van der Waals surface area contributed by atoms with Crippen molar-refractivity contribution in [1.29, 1.82) is 10.8 Å². The lowest BCUT2D eigenvalue weighted by molar-refractivity contribution is -0.169. The number of halogens is 3. The van der Waals surface area contributed by atoms with Gasteiger partial charge in [-0.2, -0.15) is 18.2 Å². The van der Waals surface area contributed by atoms with Crippen LogP contribution >= 0.6 is 0 Å². The third-order valence-electron chi connectivity index (χ3n) is 6.79. The maximum atomic E-state index is 13.1. The zero-order chi connectivity index (χ0) is 39.4. The maximum Gasteiger partial charge on any atom is 0.473 e. The Morgan fingerprint density at radius 3 is 1.62 bits per heavy atom. The fourth-order valence-electron chi connectivity index (χ4n) is 4.48. The van der Waals surface area contributed by atoms with Crippen molar-refractivity contribution in [1.82, 2.24) is 19.8 Å². The molecule has 4 N–H and O–H groups in total. The number of hydrogen-bond donors (Lipinski definition) is 4. The summed E-state index contributed by atoms with van der Waals surface area (Å²) in [4.78, 5) is 39.0. The number of imidazole rings is 1. The van der Waals surface area contributed by atoms with Crippen molar-refractivity contribution in [2.45, 2.75) is 91.5 Å². The van der Waals surface area contributed by atoms with E-state index in [2.05, 4.69) is 15.6 Å². The van der Waals surface area contributed by atoms with Gasteiger partial charge >= 0.3 is 24.3 Å². The van der Waals surface area contributed by atoms with Crippen LogP contribution < -0.4 is 21.0 Å². The zero-order valence-electron chi connectivity index (χ0n) is 30.6. The minimum Gasteiger partial charge on any atom is -0.494 e. The molecule has 0 aliphatic rings. The number of carbonyl (C=O) groups is 3. The molecule has 53 heavy (non-hydrogen) atoms. The summed E-state index contributed by atoms with van der Waals surface area (Å²) in [6.45, 7) is 11.4. The summed E-state index contributed by atoms with van der Waals surface area (Å²) in [6, 6.07) is 13.2. The first-order valence-electron chi connectivity index (χ1n) is 16.7. The zero-order valence-corrected chi connectivity index (χ0v) is 30.6. The van der Waals surface area contributed by atoms with E-state index in [1.54, 1.807) is 96.3 Å². The van der Waals surface area contributed by atoms with Gasteiger partial charge in [0, 0.05) is 43.2 Å². The predicted octanol–water partition coefficient (Wildman–Crippen LogP) is 6.06. The topological polar surface area (TPSA) is 182 Å². The average Bonchev–Trinajstić information content (AvgIpc) is 3.41. The molecule has 0 radical (unpaired) electrons. The first-order valence-corrected chi connectivity index (χ1v) is 16.7. The van der Waals surface area contributed by atoms with Crippen molar-refractivity contribution in [2.75, 3.05) is 13.2 Å². The van der Waals surface area contributed by atoms with Gasteiger partial charge < -0.3 is 28.1 Å². The molecule has 0 saturated heterocycles. The highest BCUT2D eigenvalue weighted by Gasteiger charge is 2.38. The number of ether oxygens (including phenoxy) is 4. The van der Waals surface area contributed by atoms with Crippen molar-refractivity contribution in [3.63, 3.8) is 0 Å². The molecule has 0 fully saturated rings. The molecule has 3 rings (SSSR count). The van der Waals surface area contributed by atoms with Crippen LogP contribution in [0.1, 0.15) is 71.1 Å². The summed E-state index contributed by atoms with van der Waals surface area (Å²) in [6.07, 6.45) is -2.76. The fraction of sp³-hybridized carbons (Fsp3) is 0.444. The number of aromatic nitrogens is 2. The van der Waals surface area contributed by atoms with Crippen LogP contribution in [0.15, 0.2) is 65.9 Å². The molecule has 3 amide bonds. The van der Waals surface area contributed by atoms with E-state index < -0.39 is 35.5 Å². The molecule has 0 saturated carbocycles. The van der Waals surface area contributed by atoms with E-state index in [0.717, 1.165) is 5.56 Å². The predicted molar refractivity (Wildman–Crippen MR) is 189 cm³/mol. The van der Waals surface area contributed by atoms with E-state index in [9.17, 15) is 27.6 Å². The molecule has 3 aromatic rings. The van der Waals surface area contributed by atoms with Crippen LogP contribution in [0.25, 0.3) is 0 Å². The number of nitrogens with one attached hydrogen (secondary N) is 4. The SMILES string of the molecule is CC(C)(C)OC(=O)NC(=N)c1ccc(COCCCn2ccn(CCCOc3ccc(C(=N)NC(=O)OC(C)(C)C)cc3)c2=NC(=O)C(F)(F)F)cc1. The van der Waals surface area contributed by atoms with Gasteiger partial charge in [0.15, 0.2) is 0 Å². The van der Waals surface area contributed by atoms with E-state index in [0.29, 0.717) is 29.7 Å². The van der Waals surface area contributed by atoms with E-state index >= 15 is 0 Å². The molecule has 0 atom stereocenters. The molecule has 0 aliphatic carbocycles.